The summed E-state index contributed by atoms with van der Waals surface area (Å²) in [5, 5.41) is 0. The van der Waals surface area contributed by atoms with Crippen LogP contribution in [0.15, 0.2) is 12.3 Å². The van der Waals surface area contributed by atoms with Crippen molar-refractivity contribution in [3.63, 3.8) is 0 Å². The molecular weight excluding hydrogens is 220 g/mol. The van der Waals surface area contributed by atoms with Gasteiger partial charge in [0.05, 0.1) is 0 Å². The fraction of sp³-hybridized carbons (Fsp3) is 0.600. The van der Waals surface area contributed by atoms with Crippen molar-refractivity contribution in [3.05, 3.63) is 12.3 Å². The third-order valence-electron chi connectivity index (χ3n) is 1.31. The van der Waals surface area contributed by atoms with Gasteiger partial charge < -0.3 is 13.0 Å². The highest BCUT2D eigenvalue weighted by Crippen LogP contribution is 1.98. The van der Waals surface area contributed by atoms with E-state index in [1.165, 1.54) is 0 Å². The molecule has 0 aliphatic heterocycles. The molecule has 0 heterocycles. The Morgan fingerprint density at radius 2 is 2.08 bits per heavy atom. The standard InChI is InChI=1S/C5H18O3Si4/c1-5-12(4,6)8-10-9-7-11(2)3/h5-6,11H,1,9-10H2,2-4H3. The van der Waals surface area contributed by atoms with E-state index in [0.29, 0.717) is 0 Å². The van der Waals surface area contributed by atoms with Gasteiger partial charge in [-0.3, -0.25) is 0 Å². The lowest BCUT2D eigenvalue weighted by Gasteiger charge is -2.16. The summed E-state index contributed by atoms with van der Waals surface area (Å²) in [4.78, 5) is 9.50. The summed E-state index contributed by atoms with van der Waals surface area (Å²) >= 11 is 0. The molecule has 12 heavy (non-hydrogen) atoms. The van der Waals surface area contributed by atoms with Gasteiger partial charge in [-0.2, -0.15) is 0 Å². The van der Waals surface area contributed by atoms with Crippen molar-refractivity contribution in [2.24, 2.45) is 0 Å². The summed E-state index contributed by atoms with van der Waals surface area (Å²) in [5.41, 5.74) is 1.56. The normalized spacial score (nSPS) is 18.1. The number of hydrogen-bond acceptors (Lipinski definition) is 3. The highest BCUT2D eigenvalue weighted by Gasteiger charge is 2.20. The smallest absolute Gasteiger partial charge is 0.347 e. The Balaban J connectivity index is 3.37. The summed E-state index contributed by atoms with van der Waals surface area (Å²) in [6.07, 6.45) is 0. The van der Waals surface area contributed by atoms with E-state index in [-0.39, 0.29) is 0 Å². The minimum absolute atomic E-state index is 0.420. The molecule has 0 aliphatic rings. The zero-order valence-corrected chi connectivity index (χ0v) is 13.0. The molecule has 0 spiro atoms. The van der Waals surface area contributed by atoms with Crippen molar-refractivity contribution in [1.82, 2.24) is 0 Å². The Bertz CT molecular complexity index is 139. The maximum Gasteiger partial charge on any atom is 0.347 e. The fourth-order valence-electron chi connectivity index (χ4n) is 0.591. The third kappa shape index (κ3) is 7.15. The van der Waals surface area contributed by atoms with Gasteiger partial charge in [-0.15, -0.1) is 6.58 Å². The first-order valence-electron chi connectivity index (χ1n) is 4.09. The molecule has 0 aliphatic carbocycles. The van der Waals surface area contributed by atoms with Gasteiger partial charge in [0.25, 0.3) is 0 Å². The van der Waals surface area contributed by atoms with Crippen LogP contribution in [0.25, 0.3) is 0 Å². The molecule has 0 rings (SSSR count). The van der Waals surface area contributed by atoms with Gasteiger partial charge in [0.2, 0.25) is 0 Å². The Hall–Kier alpha value is 0.488. The van der Waals surface area contributed by atoms with Crippen LogP contribution in [0.2, 0.25) is 19.6 Å². The first-order chi connectivity index (χ1) is 5.48. The molecule has 3 nitrogen and oxygen atoms in total. The van der Waals surface area contributed by atoms with Gasteiger partial charge >= 0.3 is 8.56 Å². The van der Waals surface area contributed by atoms with E-state index in [9.17, 15) is 4.80 Å². The van der Waals surface area contributed by atoms with Crippen LogP contribution in [0.3, 0.4) is 0 Å². The quantitative estimate of drug-likeness (QED) is 0.470. The van der Waals surface area contributed by atoms with E-state index >= 15 is 0 Å². The molecule has 72 valence electrons. The molecule has 0 aromatic carbocycles. The fourth-order valence-corrected chi connectivity index (χ4v) is 14.9. The summed E-state index contributed by atoms with van der Waals surface area (Å²) in [6, 6.07) is 0. The van der Waals surface area contributed by atoms with Gasteiger partial charge in [-0.25, -0.2) is 0 Å². The van der Waals surface area contributed by atoms with Crippen LogP contribution in [0, 0.1) is 0 Å². The molecular formula is C5H18O3Si4. The first kappa shape index (κ1) is 12.5. The van der Waals surface area contributed by atoms with Crippen LogP contribution in [-0.4, -0.2) is 41.0 Å². The van der Waals surface area contributed by atoms with Crippen molar-refractivity contribution in [3.8, 4) is 0 Å². The van der Waals surface area contributed by atoms with E-state index < -0.39 is 36.2 Å². The SMILES string of the molecule is C=C[Si](C)(O)O[SiH2][SiH2]O[SiH](C)C. The van der Waals surface area contributed by atoms with E-state index in [1.54, 1.807) is 12.2 Å². The average molecular weight is 239 g/mol. The largest absolute Gasteiger partial charge is 0.463 e. The predicted octanol–water partition coefficient (Wildman–Crippen LogP) is -1.12. The molecule has 0 fully saturated rings. The van der Waals surface area contributed by atoms with Crippen molar-refractivity contribution in [2.45, 2.75) is 19.6 Å². The monoisotopic (exact) mass is 238 g/mol. The molecule has 7 heteroatoms. The minimum atomic E-state index is -2.45. The maximum atomic E-state index is 9.50. The second-order valence-corrected chi connectivity index (χ2v) is 13.4. The van der Waals surface area contributed by atoms with Crippen molar-refractivity contribution in [2.75, 3.05) is 0 Å². The highest BCUT2D eigenvalue weighted by molar-refractivity contribution is 6.99. The van der Waals surface area contributed by atoms with Crippen LogP contribution < -0.4 is 0 Å². The van der Waals surface area contributed by atoms with Gasteiger partial charge in [0.15, 0.2) is 27.6 Å². The highest BCUT2D eigenvalue weighted by atomic mass is 29.2. The van der Waals surface area contributed by atoms with Gasteiger partial charge in [0.1, 0.15) is 0 Å². The molecule has 0 saturated heterocycles. The lowest BCUT2D eigenvalue weighted by molar-refractivity contribution is 0.415. The van der Waals surface area contributed by atoms with Gasteiger partial charge in [-0.1, -0.05) is 5.70 Å². The molecule has 0 aromatic rings. The average Bonchev–Trinajstić information content (AvgIpc) is 1.98. The van der Waals surface area contributed by atoms with Crippen molar-refractivity contribution in [1.29, 1.82) is 0 Å². The molecule has 1 N–H and O–H groups in total. The maximum absolute atomic E-state index is 9.50. The first-order valence-corrected chi connectivity index (χ1v) is 14.5. The van der Waals surface area contributed by atoms with E-state index in [2.05, 4.69) is 19.7 Å². The molecule has 1 unspecified atom stereocenters. The topological polar surface area (TPSA) is 38.7 Å². The summed E-state index contributed by atoms with van der Waals surface area (Å²) in [7, 11) is -4.27. The molecule has 1 atom stereocenters. The minimum Gasteiger partial charge on any atom is -0.463 e. The number of rotatable bonds is 6. The Morgan fingerprint density at radius 1 is 1.50 bits per heavy atom. The summed E-state index contributed by atoms with van der Waals surface area (Å²) < 4.78 is 11.0. The lowest BCUT2D eigenvalue weighted by Crippen LogP contribution is -2.36. The van der Waals surface area contributed by atoms with E-state index in [4.69, 9.17) is 8.23 Å². The van der Waals surface area contributed by atoms with Gasteiger partial charge in [-0.05, 0) is 19.6 Å². The summed E-state index contributed by atoms with van der Waals surface area (Å²) in [6.45, 7) is 9.60. The molecule has 0 bridgehead atoms. The molecule has 0 amide bonds. The van der Waals surface area contributed by atoms with Crippen molar-refractivity contribution >= 4 is 36.2 Å². The van der Waals surface area contributed by atoms with Crippen LogP contribution in [-0.2, 0) is 8.23 Å². The Kier molecular flexibility index (Phi) is 6.26. The molecule has 0 saturated carbocycles. The van der Waals surface area contributed by atoms with Gasteiger partial charge in [0, 0.05) is 0 Å². The second kappa shape index (κ2) is 6.02. The third-order valence-corrected chi connectivity index (χ3v) is 13.5. The second-order valence-electron chi connectivity index (χ2n) is 3.03. The van der Waals surface area contributed by atoms with E-state index in [0.717, 1.165) is 0 Å². The Labute approximate surface area is 81.4 Å². The summed E-state index contributed by atoms with van der Waals surface area (Å²) in [5.74, 6) is 0. The Morgan fingerprint density at radius 3 is 2.50 bits per heavy atom. The van der Waals surface area contributed by atoms with Crippen molar-refractivity contribution < 1.29 is 13.0 Å². The van der Waals surface area contributed by atoms with Crippen LogP contribution in [0.5, 0.6) is 0 Å². The molecule has 0 radical (unpaired) electrons. The van der Waals surface area contributed by atoms with Crippen LogP contribution in [0.1, 0.15) is 0 Å². The van der Waals surface area contributed by atoms with Crippen LogP contribution >= 0.6 is 0 Å². The lowest BCUT2D eigenvalue weighted by atomic mass is 11.3. The van der Waals surface area contributed by atoms with Crippen LogP contribution in [0.4, 0.5) is 0 Å². The van der Waals surface area contributed by atoms with E-state index in [1.807, 2.05) is 0 Å². The zero-order chi connectivity index (χ0) is 9.61. The predicted molar refractivity (Wildman–Crippen MR) is 62.2 cm³/mol. The number of hydrogen-bond donors (Lipinski definition) is 1. The zero-order valence-electron chi connectivity index (χ0n) is 8.04. The molecule has 0 aromatic heterocycles.